The highest BCUT2D eigenvalue weighted by Crippen LogP contribution is 2.14. The number of hydrogen-bond acceptors (Lipinski definition) is 2. The SMILES string of the molecule is CC(=O)N1CCC[C@@H]1[C]=O. The minimum atomic E-state index is -0.266. The van der Waals surface area contributed by atoms with Crippen molar-refractivity contribution >= 4 is 12.2 Å². The highest BCUT2D eigenvalue weighted by Gasteiger charge is 2.26. The third-order valence-electron chi connectivity index (χ3n) is 1.79. The van der Waals surface area contributed by atoms with Crippen LogP contribution in [0.3, 0.4) is 0 Å². The second-order valence-corrected chi connectivity index (χ2v) is 2.49. The first kappa shape index (κ1) is 7.25. The number of likely N-dealkylation sites (tertiary alicyclic amines) is 1. The molecule has 55 valence electrons. The summed E-state index contributed by atoms with van der Waals surface area (Å²) < 4.78 is 0. The van der Waals surface area contributed by atoms with Crippen molar-refractivity contribution in [2.75, 3.05) is 6.54 Å². The molecule has 0 aromatic carbocycles. The summed E-state index contributed by atoms with van der Waals surface area (Å²) in [5.41, 5.74) is 0. The van der Waals surface area contributed by atoms with E-state index < -0.39 is 0 Å². The van der Waals surface area contributed by atoms with Gasteiger partial charge in [0.1, 0.15) is 0 Å². The van der Waals surface area contributed by atoms with E-state index in [4.69, 9.17) is 0 Å². The minimum absolute atomic E-state index is 0.0224. The molecule has 0 N–H and O–H groups in total. The minimum Gasteiger partial charge on any atom is -0.332 e. The average Bonchev–Trinajstić information content (AvgIpc) is 2.33. The molecule has 0 saturated carbocycles. The van der Waals surface area contributed by atoms with E-state index in [0.717, 1.165) is 19.4 Å². The predicted molar refractivity (Wildman–Crippen MR) is 36.1 cm³/mol. The van der Waals surface area contributed by atoms with E-state index in [0.29, 0.717) is 0 Å². The molecule has 0 aromatic rings. The van der Waals surface area contributed by atoms with Gasteiger partial charge in [-0.05, 0) is 12.8 Å². The van der Waals surface area contributed by atoms with Crippen molar-refractivity contribution < 1.29 is 9.59 Å². The number of amides is 1. The monoisotopic (exact) mass is 140 g/mol. The molecule has 1 saturated heterocycles. The van der Waals surface area contributed by atoms with Crippen molar-refractivity contribution in [1.29, 1.82) is 0 Å². The zero-order valence-corrected chi connectivity index (χ0v) is 5.96. The van der Waals surface area contributed by atoms with Gasteiger partial charge in [0, 0.05) is 13.5 Å². The molecule has 1 rings (SSSR count). The Labute approximate surface area is 60.0 Å². The lowest BCUT2D eigenvalue weighted by molar-refractivity contribution is -0.128. The summed E-state index contributed by atoms with van der Waals surface area (Å²) in [4.78, 5) is 22.5. The summed E-state index contributed by atoms with van der Waals surface area (Å²) in [5.74, 6) is -0.0224. The quantitative estimate of drug-likeness (QED) is 0.518. The Morgan fingerprint density at radius 3 is 2.80 bits per heavy atom. The van der Waals surface area contributed by atoms with Crippen molar-refractivity contribution in [1.82, 2.24) is 4.90 Å². The Morgan fingerprint density at radius 2 is 2.40 bits per heavy atom. The maximum Gasteiger partial charge on any atom is 0.223 e. The lowest BCUT2D eigenvalue weighted by Crippen LogP contribution is -2.34. The highest BCUT2D eigenvalue weighted by atomic mass is 16.2. The van der Waals surface area contributed by atoms with Gasteiger partial charge in [-0.1, -0.05) is 0 Å². The summed E-state index contributed by atoms with van der Waals surface area (Å²) in [6, 6.07) is -0.266. The number of carbonyl (C=O) groups is 1. The number of nitrogens with zero attached hydrogens (tertiary/aromatic N) is 1. The molecule has 1 heterocycles. The van der Waals surface area contributed by atoms with Crippen molar-refractivity contribution in [3.8, 4) is 0 Å². The van der Waals surface area contributed by atoms with E-state index in [2.05, 4.69) is 0 Å². The molecule has 0 unspecified atom stereocenters. The van der Waals surface area contributed by atoms with Crippen LogP contribution in [0, 0.1) is 0 Å². The van der Waals surface area contributed by atoms with Crippen molar-refractivity contribution in [3.63, 3.8) is 0 Å². The van der Waals surface area contributed by atoms with Gasteiger partial charge >= 0.3 is 0 Å². The van der Waals surface area contributed by atoms with E-state index in [9.17, 15) is 9.59 Å². The fraction of sp³-hybridized carbons (Fsp3) is 0.714. The zero-order chi connectivity index (χ0) is 7.56. The summed E-state index contributed by atoms with van der Waals surface area (Å²) in [6.45, 7) is 2.20. The van der Waals surface area contributed by atoms with Crippen LogP contribution in [0.4, 0.5) is 0 Å². The number of hydrogen-bond donors (Lipinski definition) is 0. The first-order chi connectivity index (χ1) is 4.75. The van der Waals surface area contributed by atoms with Crippen LogP contribution in [0.1, 0.15) is 19.8 Å². The number of rotatable bonds is 1. The second-order valence-electron chi connectivity index (χ2n) is 2.49. The van der Waals surface area contributed by atoms with Gasteiger partial charge in [-0.15, -0.1) is 0 Å². The molecular formula is C7H10NO2. The molecule has 10 heavy (non-hydrogen) atoms. The van der Waals surface area contributed by atoms with E-state index >= 15 is 0 Å². The van der Waals surface area contributed by atoms with Gasteiger partial charge in [-0.3, -0.25) is 9.59 Å². The van der Waals surface area contributed by atoms with Crippen LogP contribution in [0.5, 0.6) is 0 Å². The first-order valence-corrected chi connectivity index (χ1v) is 3.40. The Kier molecular flexibility index (Phi) is 2.04. The summed E-state index contributed by atoms with van der Waals surface area (Å²) >= 11 is 0. The van der Waals surface area contributed by atoms with Gasteiger partial charge in [-0.25, -0.2) is 0 Å². The van der Waals surface area contributed by atoms with Crippen molar-refractivity contribution in [3.05, 3.63) is 0 Å². The Morgan fingerprint density at radius 1 is 1.70 bits per heavy atom. The summed E-state index contributed by atoms with van der Waals surface area (Å²) in [6.07, 6.45) is 3.56. The van der Waals surface area contributed by atoms with Crippen LogP contribution in [0.2, 0.25) is 0 Å². The van der Waals surface area contributed by atoms with Gasteiger partial charge < -0.3 is 4.90 Å². The van der Waals surface area contributed by atoms with Crippen molar-refractivity contribution in [2.24, 2.45) is 0 Å². The second kappa shape index (κ2) is 2.82. The smallest absolute Gasteiger partial charge is 0.223 e. The fourth-order valence-corrected chi connectivity index (χ4v) is 1.27. The molecular weight excluding hydrogens is 130 g/mol. The molecule has 1 atom stereocenters. The van der Waals surface area contributed by atoms with Gasteiger partial charge in [-0.2, -0.15) is 0 Å². The van der Waals surface area contributed by atoms with Crippen LogP contribution in [0.15, 0.2) is 0 Å². The third kappa shape index (κ3) is 1.17. The molecule has 1 fully saturated rings. The van der Waals surface area contributed by atoms with E-state index in [1.165, 1.54) is 6.92 Å². The summed E-state index contributed by atoms with van der Waals surface area (Å²) in [7, 11) is 0. The van der Waals surface area contributed by atoms with E-state index in [1.54, 1.807) is 4.90 Å². The van der Waals surface area contributed by atoms with Gasteiger partial charge in [0.05, 0.1) is 6.04 Å². The van der Waals surface area contributed by atoms with Crippen LogP contribution >= 0.6 is 0 Å². The lowest BCUT2D eigenvalue weighted by atomic mass is 10.2. The molecule has 0 bridgehead atoms. The molecule has 3 nitrogen and oxygen atoms in total. The average molecular weight is 140 g/mol. The molecule has 1 amide bonds. The zero-order valence-electron chi connectivity index (χ0n) is 5.96. The third-order valence-corrected chi connectivity index (χ3v) is 1.79. The topological polar surface area (TPSA) is 37.4 Å². The molecule has 1 aliphatic heterocycles. The highest BCUT2D eigenvalue weighted by molar-refractivity contribution is 5.78. The molecule has 0 aliphatic carbocycles. The van der Waals surface area contributed by atoms with Crippen LogP contribution in [-0.4, -0.2) is 29.7 Å². The van der Waals surface area contributed by atoms with E-state index in [-0.39, 0.29) is 11.9 Å². The van der Waals surface area contributed by atoms with Gasteiger partial charge in [0.25, 0.3) is 0 Å². The van der Waals surface area contributed by atoms with Crippen molar-refractivity contribution in [2.45, 2.75) is 25.8 Å². The maximum atomic E-state index is 10.8. The molecule has 1 aliphatic rings. The van der Waals surface area contributed by atoms with Crippen LogP contribution < -0.4 is 0 Å². The largest absolute Gasteiger partial charge is 0.332 e. The maximum absolute atomic E-state index is 10.8. The molecule has 0 aromatic heterocycles. The van der Waals surface area contributed by atoms with Crippen LogP contribution in [-0.2, 0) is 9.59 Å². The summed E-state index contributed by atoms with van der Waals surface area (Å²) in [5, 5.41) is 0. The standard InChI is InChI=1S/C7H10NO2/c1-6(10)8-4-2-3-7(8)5-9/h7H,2-4H2,1H3/t7-/m1/s1. The molecule has 3 heteroatoms. The lowest BCUT2D eigenvalue weighted by Gasteiger charge is -2.16. The van der Waals surface area contributed by atoms with Crippen LogP contribution in [0.25, 0.3) is 0 Å². The normalized spacial score (nSPS) is 24.9. The molecule has 0 spiro atoms. The Hall–Kier alpha value is -0.860. The fourth-order valence-electron chi connectivity index (χ4n) is 1.27. The predicted octanol–water partition coefficient (Wildman–Crippen LogP) is 0.107. The van der Waals surface area contributed by atoms with Gasteiger partial charge in [0.2, 0.25) is 12.2 Å². The van der Waals surface area contributed by atoms with E-state index in [1.807, 2.05) is 6.29 Å². The Balaban J connectivity index is 2.58. The van der Waals surface area contributed by atoms with Gasteiger partial charge in [0.15, 0.2) is 0 Å². The molecule has 1 radical (unpaired) electrons. The number of carbonyl (C=O) groups excluding carboxylic acids is 2. The first-order valence-electron chi connectivity index (χ1n) is 3.40. The Bertz CT molecular complexity index is 156.